The lowest BCUT2D eigenvalue weighted by atomic mass is 10.1. The highest BCUT2D eigenvalue weighted by atomic mass is 79.9. The van der Waals surface area contributed by atoms with Crippen LogP contribution in [0.5, 0.6) is 0 Å². The number of benzene rings is 1. The van der Waals surface area contributed by atoms with E-state index in [9.17, 15) is 14.0 Å². The molecule has 0 fully saturated rings. The molecule has 1 unspecified atom stereocenters. The second kappa shape index (κ2) is 6.49. The lowest BCUT2D eigenvalue weighted by molar-refractivity contribution is -0.147. The third kappa shape index (κ3) is 3.63. The van der Waals surface area contributed by atoms with Crippen LogP contribution in [0.15, 0.2) is 28.7 Å². The zero-order chi connectivity index (χ0) is 12.8. The lowest BCUT2D eigenvalue weighted by Gasteiger charge is -2.08. The van der Waals surface area contributed by atoms with Crippen LogP contribution in [0.4, 0.5) is 4.39 Å². The van der Waals surface area contributed by atoms with E-state index in [4.69, 9.17) is 0 Å². The number of Topliss-reactive ketones (excluding diaryl/α,β-unsaturated/α-hetero) is 1. The lowest BCUT2D eigenvalue weighted by Crippen LogP contribution is -2.28. The number of ether oxygens (including phenoxy) is 1. The quantitative estimate of drug-likeness (QED) is 0.477. The summed E-state index contributed by atoms with van der Waals surface area (Å²) in [4.78, 5) is 22.9. The maximum atomic E-state index is 13.5. The number of ketones is 1. The van der Waals surface area contributed by atoms with Crippen LogP contribution in [0.3, 0.4) is 0 Å². The van der Waals surface area contributed by atoms with Gasteiger partial charge in [-0.3, -0.25) is 4.79 Å². The summed E-state index contributed by atoms with van der Waals surface area (Å²) in [5, 5.41) is 0. The molecule has 1 aromatic carbocycles. The van der Waals surface area contributed by atoms with E-state index in [-0.39, 0.29) is 12.2 Å². The maximum Gasteiger partial charge on any atom is 0.349 e. The van der Waals surface area contributed by atoms with Crippen molar-refractivity contribution in [1.29, 1.82) is 0 Å². The molecule has 0 saturated heterocycles. The highest BCUT2D eigenvalue weighted by Crippen LogP contribution is 2.19. The summed E-state index contributed by atoms with van der Waals surface area (Å²) in [5.74, 6) is -2.02. The fourth-order valence-electron chi connectivity index (χ4n) is 1.18. The molecule has 0 amide bonds. The monoisotopic (exact) mass is 302 g/mol. The first-order chi connectivity index (χ1) is 8.07. The molecule has 0 radical (unpaired) electrons. The highest BCUT2D eigenvalue weighted by Gasteiger charge is 2.29. The van der Waals surface area contributed by atoms with Crippen molar-refractivity contribution in [2.24, 2.45) is 0 Å². The number of alkyl halides is 1. The molecule has 0 saturated carbocycles. The molecule has 0 heterocycles. The molecule has 0 aromatic heterocycles. The van der Waals surface area contributed by atoms with Crippen molar-refractivity contribution in [2.45, 2.75) is 19.5 Å². The Kier molecular flexibility index (Phi) is 5.28. The van der Waals surface area contributed by atoms with E-state index in [2.05, 4.69) is 20.7 Å². The number of rotatable bonds is 5. The molecule has 3 nitrogen and oxygen atoms in total. The van der Waals surface area contributed by atoms with Crippen LogP contribution in [0, 0.1) is 0 Å². The zero-order valence-electron chi connectivity index (χ0n) is 9.28. The van der Waals surface area contributed by atoms with Crippen LogP contribution in [0.25, 0.3) is 0 Å². The number of esters is 1. The number of halogens is 2. The third-order valence-electron chi connectivity index (χ3n) is 2.02. The summed E-state index contributed by atoms with van der Waals surface area (Å²) in [6.45, 7) is 1.90. The predicted molar refractivity (Wildman–Crippen MR) is 64.6 cm³/mol. The van der Waals surface area contributed by atoms with E-state index in [0.717, 1.165) is 0 Å². The summed E-state index contributed by atoms with van der Waals surface area (Å²) < 4.78 is 18.6. The second-order valence-electron chi connectivity index (χ2n) is 3.37. The first-order valence-corrected chi connectivity index (χ1v) is 5.96. The van der Waals surface area contributed by atoms with Gasteiger partial charge in [0, 0.05) is 10.0 Å². The van der Waals surface area contributed by atoms with Crippen LogP contribution >= 0.6 is 15.9 Å². The van der Waals surface area contributed by atoms with Gasteiger partial charge in [-0.25, -0.2) is 9.18 Å². The Balaban J connectivity index is 2.77. The second-order valence-corrected chi connectivity index (χ2v) is 4.23. The van der Waals surface area contributed by atoms with Crippen LogP contribution < -0.4 is 0 Å². The number of carbonyl (C=O) groups excluding carboxylic acids is 2. The Labute approximate surface area is 107 Å². The molecule has 1 atom stereocenters. The van der Waals surface area contributed by atoms with Crippen LogP contribution in [0.1, 0.15) is 23.7 Å². The molecule has 0 bridgehead atoms. The summed E-state index contributed by atoms with van der Waals surface area (Å²) >= 11 is 3.13. The molecule has 1 rings (SSSR count). The predicted octanol–water partition coefficient (Wildman–Crippen LogP) is 2.92. The molecule has 0 N–H and O–H groups in total. The van der Waals surface area contributed by atoms with Crippen LogP contribution in [0.2, 0.25) is 0 Å². The minimum absolute atomic E-state index is 0.114. The van der Waals surface area contributed by atoms with Crippen molar-refractivity contribution in [3.63, 3.8) is 0 Å². The Morgan fingerprint density at radius 2 is 2.06 bits per heavy atom. The molecule has 1 aromatic rings. The SMILES string of the molecule is CCCOC(=O)C(F)C(=O)c1ccccc1Br. The fraction of sp³-hybridized carbons (Fsp3) is 0.333. The molecule has 0 spiro atoms. The molecular weight excluding hydrogens is 291 g/mol. The van der Waals surface area contributed by atoms with Gasteiger partial charge >= 0.3 is 5.97 Å². The number of hydrogen-bond acceptors (Lipinski definition) is 3. The van der Waals surface area contributed by atoms with E-state index in [1.54, 1.807) is 25.1 Å². The molecular formula is C12H12BrFO3. The third-order valence-corrected chi connectivity index (χ3v) is 2.72. The van der Waals surface area contributed by atoms with Crippen molar-refractivity contribution < 1.29 is 18.7 Å². The van der Waals surface area contributed by atoms with E-state index in [0.29, 0.717) is 10.9 Å². The first-order valence-electron chi connectivity index (χ1n) is 5.17. The average Bonchev–Trinajstić information content (AvgIpc) is 2.34. The summed E-state index contributed by atoms with van der Waals surface area (Å²) in [7, 11) is 0. The van der Waals surface area contributed by atoms with Gasteiger partial charge in [-0.1, -0.05) is 41.1 Å². The Morgan fingerprint density at radius 3 is 2.65 bits per heavy atom. The van der Waals surface area contributed by atoms with Gasteiger partial charge in [-0.15, -0.1) is 0 Å². The van der Waals surface area contributed by atoms with E-state index < -0.39 is 17.9 Å². The van der Waals surface area contributed by atoms with Gasteiger partial charge in [0.1, 0.15) is 0 Å². The Bertz CT molecular complexity index is 420. The fourth-order valence-corrected chi connectivity index (χ4v) is 1.66. The van der Waals surface area contributed by atoms with Crippen molar-refractivity contribution in [3.8, 4) is 0 Å². The maximum absolute atomic E-state index is 13.5. The largest absolute Gasteiger partial charge is 0.463 e. The zero-order valence-corrected chi connectivity index (χ0v) is 10.9. The minimum Gasteiger partial charge on any atom is -0.463 e. The van der Waals surface area contributed by atoms with Gasteiger partial charge in [0.2, 0.25) is 5.78 Å². The number of hydrogen-bond donors (Lipinski definition) is 0. The molecule has 92 valence electrons. The summed E-state index contributed by atoms with van der Waals surface area (Å²) in [6.07, 6.45) is -1.68. The van der Waals surface area contributed by atoms with E-state index >= 15 is 0 Å². The molecule has 0 aliphatic heterocycles. The minimum atomic E-state index is -2.26. The standard InChI is InChI=1S/C12H12BrFO3/c1-2-7-17-12(16)10(14)11(15)8-5-3-4-6-9(8)13/h3-6,10H,2,7H2,1H3. The molecule has 5 heteroatoms. The smallest absolute Gasteiger partial charge is 0.349 e. The Morgan fingerprint density at radius 1 is 1.41 bits per heavy atom. The van der Waals surface area contributed by atoms with Crippen molar-refractivity contribution in [1.82, 2.24) is 0 Å². The topological polar surface area (TPSA) is 43.4 Å². The van der Waals surface area contributed by atoms with E-state index in [1.165, 1.54) is 6.07 Å². The van der Waals surface area contributed by atoms with Gasteiger partial charge in [-0.2, -0.15) is 0 Å². The Hall–Kier alpha value is -1.23. The van der Waals surface area contributed by atoms with Crippen molar-refractivity contribution in [2.75, 3.05) is 6.61 Å². The van der Waals surface area contributed by atoms with Crippen LogP contribution in [-0.2, 0) is 9.53 Å². The van der Waals surface area contributed by atoms with Gasteiger partial charge in [0.25, 0.3) is 6.17 Å². The first kappa shape index (κ1) is 13.8. The normalized spacial score (nSPS) is 11.9. The van der Waals surface area contributed by atoms with Crippen molar-refractivity contribution >= 4 is 27.7 Å². The molecule has 17 heavy (non-hydrogen) atoms. The van der Waals surface area contributed by atoms with Crippen LogP contribution in [-0.4, -0.2) is 24.5 Å². The highest BCUT2D eigenvalue weighted by molar-refractivity contribution is 9.10. The van der Waals surface area contributed by atoms with Crippen molar-refractivity contribution in [3.05, 3.63) is 34.3 Å². The van der Waals surface area contributed by atoms with Gasteiger partial charge < -0.3 is 4.74 Å². The number of carbonyl (C=O) groups is 2. The van der Waals surface area contributed by atoms with Gasteiger partial charge in [0.15, 0.2) is 0 Å². The van der Waals surface area contributed by atoms with Gasteiger partial charge in [-0.05, 0) is 12.5 Å². The molecule has 0 aliphatic rings. The van der Waals surface area contributed by atoms with Gasteiger partial charge in [0.05, 0.1) is 6.61 Å². The summed E-state index contributed by atoms with van der Waals surface area (Å²) in [5.41, 5.74) is 0.133. The average molecular weight is 303 g/mol. The van der Waals surface area contributed by atoms with E-state index in [1.807, 2.05) is 0 Å². The summed E-state index contributed by atoms with van der Waals surface area (Å²) in [6, 6.07) is 6.36. The molecule has 0 aliphatic carbocycles.